The molecule has 2 heterocycles. The van der Waals surface area contributed by atoms with E-state index in [9.17, 15) is 0 Å². The smallest absolute Gasteiger partial charge is 0.148 e. The highest BCUT2D eigenvalue weighted by Crippen LogP contribution is 2.21. The molecule has 3 N–H and O–H groups in total. The van der Waals surface area contributed by atoms with Gasteiger partial charge in [0.05, 0.1) is 11.4 Å². The molecule has 0 aromatic carbocycles. The molecule has 0 amide bonds. The summed E-state index contributed by atoms with van der Waals surface area (Å²) in [5.74, 6) is 1.83. The predicted octanol–water partition coefficient (Wildman–Crippen LogP) is 0.577. The summed E-state index contributed by atoms with van der Waals surface area (Å²) in [6.07, 6.45) is 2.49. The Balaban J connectivity index is 2.00. The quantitative estimate of drug-likeness (QED) is 0.809. The molecule has 0 spiro atoms. The molecule has 0 aliphatic rings. The van der Waals surface area contributed by atoms with Crippen LogP contribution in [-0.4, -0.2) is 31.1 Å². The summed E-state index contributed by atoms with van der Waals surface area (Å²) in [6, 6.07) is 0. The molecule has 2 aromatic heterocycles. The molecule has 0 bridgehead atoms. The number of hydrogen-bond donors (Lipinski definition) is 2. The lowest BCUT2D eigenvalue weighted by atomic mass is 10.3. The summed E-state index contributed by atoms with van der Waals surface area (Å²) in [5.41, 5.74) is 7.57. The van der Waals surface area contributed by atoms with Gasteiger partial charge in [-0.15, -0.1) is 10.2 Å². The third-order valence-electron chi connectivity index (χ3n) is 2.92. The van der Waals surface area contributed by atoms with Crippen molar-refractivity contribution in [3.05, 3.63) is 17.8 Å². The van der Waals surface area contributed by atoms with Crippen molar-refractivity contribution >= 4 is 11.5 Å². The second-order valence-corrected chi connectivity index (χ2v) is 4.20. The molecule has 98 valence electrons. The van der Waals surface area contributed by atoms with E-state index in [1.807, 2.05) is 30.1 Å². The van der Waals surface area contributed by atoms with Crippen molar-refractivity contribution in [1.29, 1.82) is 0 Å². The first-order chi connectivity index (χ1) is 8.63. The summed E-state index contributed by atoms with van der Waals surface area (Å²) in [4.78, 5) is 0. The van der Waals surface area contributed by atoms with Gasteiger partial charge in [-0.2, -0.15) is 5.10 Å². The Morgan fingerprint density at radius 1 is 1.44 bits per heavy atom. The molecule has 7 heteroatoms. The number of anilines is 2. The van der Waals surface area contributed by atoms with Crippen LogP contribution < -0.4 is 11.1 Å². The van der Waals surface area contributed by atoms with E-state index in [1.165, 1.54) is 0 Å². The molecule has 0 saturated carbocycles. The zero-order chi connectivity index (χ0) is 13.1. The van der Waals surface area contributed by atoms with E-state index < -0.39 is 0 Å². The minimum Gasteiger partial charge on any atom is -0.394 e. The number of hydrogen-bond acceptors (Lipinski definition) is 5. The average Bonchev–Trinajstić information content (AvgIpc) is 2.87. The van der Waals surface area contributed by atoms with Crippen molar-refractivity contribution in [2.75, 3.05) is 17.6 Å². The van der Waals surface area contributed by atoms with Crippen LogP contribution in [0.5, 0.6) is 0 Å². The highest BCUT2D eigenvalue weighted by Gasteiger charge is 2.11. The minimum atomic E-state index is 0.717. The van der Waals surface area contributed by atoms with Crippen molar-refractivity contribution < 1.29 is 0 Å². The van der Waals surface area contributed by atoms with Gasteiger partial charge in [-0.1, -0.05) is 0 Å². The number of nitrogen functional groups attached to an aromatic ring is 1. The number of rotatable bonds is 5. The maximum absolute atomic E-state index is 5.99. The lowest BCUT2D eigenvalue weighted by molar-refractivity contribution is 0.656. The SMILES string of the molecule is CCn1nc(C)c(N)c1NCCc1nncn1C. The van der Waals surface area contributed by atoms with Crippen molar-refractivity contribution in [2.24, 2.45) is 7.05 Å². The third-order valence-corrected chi connectivity index (χ3v) is 2.92. The standard InChI is InChI=1S/C11H19N7/c1-4-18-11(10(12)8(2)16-18)13-6-5-9-15-14-7-17(9)3/h7,13H,4-6,12H2,1-3H3. The van der Waals surface area contributed by atoms with Crippen LogP contribution in [0.25, 0.3) is 0 Å². The van der Waals surface area contributed by atoms with Crippen LogP contribution in [0.4, 0.5) is 11.5 Å². The number of nitrogens with two attached hydrogens (primary N) is 1. The van der Waals surface area contributed by atoms with Gasteiger partial charge >= 0.3 is 0 Å². The zero-order valence-electron chi connectivity index (χ0n) is 11.0. The van der Waals surface area contributed by atoms with E-state index in [0.29, 0.717) is 0 Å². The first-order valence-corrected chi connectivity index (χ1v) is 6.03. The molecule has 0 fully saturated rings. The fraction of sp³-hybridized carbons (Fsp3) is 0.545. The van der Waals surface area contributed by atoms with Gasteiger partial charge in [-0.3, -0.25) is 0 Å². The highest BCUT2D eigenvalue weighted by molar-refractivity contribution is 5.64. The second-order valence-electron chi connectivity index (χ2n) is 4.20. The van der Waals surface area contributed by atoms with E-state index in [4.69, 9.17) is 5.73 Å². The molecule has 0 aliphatic heterocycles. The largest absolute Gasteiger partial charge is 0.394 e. The van der Waals surface area contributed by atoms with Gasteiger partial charge in [0.1, 0.15) is 18.0 Å². The van der Waals surface area contributed by atoms with Crippen molar-refractivity contribution in [2.45, 2.75) is 26.8 Å². The van der Waals surface area contributed by atoms with Crippen LogP contribution in [0.3, 0.4) is 0 Å². The topological polar surface area (TPSA) is 86.6 Å². The number of aromatic nitrogens is 5. The predicted molar refractivity (Wildman–Crippen MR) is 70.2 cm³/mol. The lowest BCUT2D eigenvalue weighted by Crippen LogP contribution is -2.13. The van der Waals surface area contributed by atoms with Gasteiger partial charge in [0.25, 0.3) is 0 Å². The molecular formula is C11H19N7. The summed E-state index contributed by atoms with van der Waals surface area (Å²) < 4.78 is 3.79. The molecular weight excluding hydrogens is 230 g/mol. The fourth-order valence-electron chi connectivity index (χ4n) is 1.84. The fourth-order valence-corrected chi connectivity index (χ4v) is 1.84. The Morgan fingerprint density at radius 2 is 2.22 bits per heavy atom. The van der Waals surface area contributed by atoms with E-state index in [2.05, 4.69) is 20.6 Å². The van der Waals surface area contributed by atoms with Gasteiger partial charge in [0, 0.05) is 26.6 Å². The number of nitrogens with zero attached hydrogens (tertiary/aromatic N) is 5. The van der Waals surface area contributed by atoms with Gasteiger partial charge in [0.15, 0.2) is 0 Å². The molecule has 7 nitrogen and oxygen atoms in total. The van der Waals surface area contributed by atoms with E-state index >= 15 is 0 Å². The second kappa shape index (κ2) is 5.07. The summed E-state index contributed by atoms with van der Waals surface area (Å²) in [6.45, 7) is 5.50. The maximum atomic E-state index is 5.99. The van der Waals surface area contributed by atoms with Crippen molar-refractivity contribution in [3.8, 4) is 0 Å². The molecule has 0 aliphatic carbocycles. The summed E-state index contributed by atoms with van der Waals surface area (Å²) in [5, 5.41) is 15.6. The van der Waals surface area contributed by atoms with Gasteiger partial charge in [-0.05, 0) is 13.8 Å². The summed E-state index contributed by atoms with van der Waals surface area (Å²) in [7, 11) is 1.93. The molecule has 2 rings (SSSR count). The minimum absolute atomic E-state index is 0.717. The van der Waals surface area contributed by atoms with Crippen LogP contribution in [0, 0.1) is 6.92 Å². The van der Waals surface area contributed by atoms with Crippen LogP contribution in [0.2, 0.25) is 0 Å². The Bertz CT molecular complexity index is 525. The van der Waals surface area contributed by atoms with Crippen molar-refractivity contribution in [3.63, 3.8) is 0 Å². The third kappa shape index (κ3) is 2.29. The Morgan fingerprint density at radius 3 is 2.83 bits per heavy atom. The normalized spacial score (nSPS) is 10.8. The Kier molecular flexibility index (Phi) is 3.50. The Hall–Kier alpha value is -2.05. The molecule has 0 atom stereocenters. The molecule has 0 unspecified atom stereocenters. The number of nitrogens with one attached hydrogen (secondary N) is 1. The van der Waals surface area contributed by atoms with Gasteiger partial charge in [-0.25, -0.2) is 4.68 Å². The van der Waals surface area contributed by atoms with Crippen LogP contribution >= 0.6 is 0 Å². The molecule has 2 aromatic rings. The first-order valence-electron chi connectivity index (χ1n) is 6.03. The molecule has 18 heavy (non-hydrogen) atoms. The van der Waals surface area contributed by atoms with E-state index in [-0.39, 0.29) is 0 Å². The van der Waals surface area contributed by atoms with Crippen LogP contribution in [0.1, 0.15) is 18.4 Å². The average molecular weight is 249 g/mol. The van der Waals surface area contributed by atoms with Crippen molar-refractivity contribution in [1.82, 2.24) is 24.5 Å². The highest BCUT2D eigenvalue weighted by atomic mass is 15.3. The lowest BCUT2D eigenvalue weighted by Gasteiger charge is -2.08. The monoisotopic (exact) mass is 249 g/mol. The number of aryl methyl sites for hydroxylation is 3. The summed E-state index contributed by atoms with van der Waals surface area (Å²) >= 11 is 0. The molecule has 0 radical (unpaired) electrons. The first kappa shape index (κ1) is 12.4. The zero-order valence-corrected chi connectivity index (χ0v) is 11.0. The Labute approximate surface area is 106 Å². The van der Waals surface area contributed by atoms with Gasteiger partial charge < -0.3 is 15.6 Å². The molecule has 0 saturated heterocycles. The van der Waals surface area contributed by atoms with E-state index in [1.54, 1.807) is 6.33 Å². The van der Waals surface area contributed by atoms with Crippen LogP contribution in [0.15, 0.2) is 6.33 Å². The van der Waals surface area contributed by atoms with Gasteiger partial charge in [0.2, 0.25) is 0 Å². The maximum Gasteiger partial charge on any atom is 0.148 e. The van der Waals surface area contributed by atoms with E-state index in [0.717, 1.165) is 42.5 Å². The van der Waals surface area contributed by atoms with Crippen LogP contribution in [-0.2, 0) is 20.0 Å².